The van der Waals surface area contributed by atoms with Crippen molar-refractivity contribution < 1.29 is 28.6 Å². The van der Waals surface area contributed by atoms with Gasteiger partial charge in [0.2, 0.25) is 0 Å². The Balaban J connectivity index is 1.35. The summed E-state index contributed by atoms with van der Waals surface area (Å²) in [6.45, 7) is 3.87. The standard InChI is InChI=1S/C38H40N4O6/c1-27(39-38(45)48-26-29-16-8-4-9-17-29)35(42-22-12-5-13-23-42)40-33-19-11-10-18-31(33)36(43)41-34-21-20-30(24-32(34)37(44)46-2)47-25-28-14-6-3-7-15-28/h3-4,6-11,14-21,24,27H,5,12-13,22-23,25-26H2,1-2H3,(H,39,45)(H,41,43). The number of hydrogen-bond donors (Lipinski definition) is 2. The van der Waals surface area contributed by atoms with E-state index in [1.165, 1.54) is 7.11 Å². The number of para-hydroxylation sites is 1. The molecule has 0 bridgehead atoms. The Hall–Kier alpha value is -5.64. The Morgan fingerprint density at radius 1 is 0.792 bits per heavy atom. The van der Waals surface area contributed by atoms with Gasteiger partial charge < -0.3 is 29.7 Å². The highest BCUT2D eigenvalue weighted by atomic mass is 16.5. The summed E-state index contributed by atoms with van der Waals surface area (Å²) in [5.41, 5.74) is 3.00. The van der Waals surface area contributed by atoms with E-state index < -0.39 is 24.0 Å². The van der Waals surface area contributed by atoms with E-state index in [1.807, 2.05) is 67.6 Å². The van der Waals surface area contributed by atoms with Crippen molar-refractivity contribution in [2.75, 3.05) is 25.5 Å². The number of aliphatic imine (C=N–C) groups is 1. The van der Waals surface area contributed by atoms with Crippen molar-refractivity contribution in [2.24, 2.45) is 4.99 Å². The topological polar surface area (TPSA) is 119 Å². The number of methoxy groups -OCH3 is 1. The van der Waals surface area contributed by atoms with E-state index in [9.17, 15) is 14.4 Å². The summed E-state index contributed by atoms with van der Waals surface area (Å²) in [5, 5.41) is 5.77. The van der Waals surface area contributed by atoms with E-state index in [-0.39, 0.29) is 17.9 Å². The first-order chi connectivity index (χ1) is 23.4. The van der Waals surface area contributed by atoms with Gasteiger partial charge in [0.1, 0.15) is 24.8 Å². The second-order valence-corrected chi connectivity index (χ2v) is 11.4. The van der Waals surface area contributed by atoms with Gasteiger partial charge in [0.05, 0.1) is 35.7 Å². The average molecular weight is 649 g/mol. The SMILES string of the molecule is COC(=O)c1cc(OCc2ccccc2)ccc1NC(=O)c1ccccc1N=C(C(C)NC(=O)OCc1ccccc1)N1CCCCC1. The summed E-state index contributed by atoms with van der Waals surface area (Å²) in [7, 11) is 1.28. The van der Waals surface area contributed by atoms with Crippen LogP contribution in [0.2, 0.25) is 0 Å². The number of rotatable bonds is 11. The normalized spacial score (nSPS) is 13.6. The summed E-state index contributed by atoms with van der Waals surface area (Å²) < 4.78 is 16.4. The smallest absolute Gasteiger partial charge is 0.408 e. The lowest BCUT2D eigenvalue weighted by Gasteiger charge is -2.33. The van der Waals surface area contributed by atoms with Gasteiger partial charge in [-0.25, -0.2) is 14.6 Å². The first-order valence-electron chi connectivity index (χ1n) is 16.0. The molecule has 0 spiro atoms. The summed E-state index contributed by atoms with van der Waals surface area (Å²) in [6.07, 6.45) is 2.54. The second-order valence-electron chi connectivity index (χ2n) is 11.4. The summed E-state index contributed by atoms with van der Waals surface area (Å²) >= 11 is 0. The number of nitrogens with one attached hydrogen (secondary N) is 2. The van der Waals surface area contributed by atoms with Crippen LogP contribution < -0.4 is 15.4 Å². The summed E-state index contributed by atoms with van der Waals surface area (Å²) in [5.74, 6) is 0.00511. The van der Waals surface area contributed by atoms with Crippen LogP contribution in [0.1, 0.15) is 58.0 Å². The molecule has 1 fully saturated rings. The Labute approximate surface area is 280 Å². The van der Waals surface area contributed by atoms with Crippen molar-refractivity contribution in [3.05, 3.63) is 125 Å². The Morgan fingerprint density at radius 3 is 2.12 bits per heavy atom. The van der Waals surface area contributed by atoms with Crippen molar-refractivity contribution in [1.29, 1.82) is 0 Å². The van der Waals surface area contributed by atoms with Gasteiger partial charge in [0, 0.05) is 13.1 Å². The number of nitrogens with zero attached hydrogens (tertiary/aromatic N) is 2. The van der Waals surface area contributed by atoms with Gasteiger partial charge in [-0.3, -0.25) is 4.79 Å². The molecule has 1 saturated heterocycles. The van der Waals surface area contributed by atoms with Crippen LogP contribution >= 0.6 is 0 Å². The van der Waals surface area contributed by atoms with Gasteiger partial charge >= 0.3 is 12.1 Å². The van der Waals surface area contributed by atoms with Gasteiger partial charge in [0.15, 0.2) is 0 Å². The minimum atomic E-state index is -0.617. The predicted octanol–water partition coefficient (Wildman–Crippen LogP) is 7.14. The number of amides is 2. The minimum Gasteiger partial charge on any atom is -0.489 e. The number of benzene rings is 4. The van der Waals surface area contributed by atoms with E-state index in [0.717, 1.165) is 43.5 Å². The highest BCUT2D eigenvalue weighted by Gasteiger charge is 2.24. The molecule has 4 aromatic rings. The molecule has 0 radical (unpaired) electrons. The molecular formula is C38H40N4O6. The molecule has 0 aromatic heterocycles. The third-order valence-corrected chi connectivity index (χ3v) is 7.89. The van der Waals surface area contributed by atoms with E-state index in [2.05, 4.69) is 15.5 Å². The highest BCUT2D eigenvalue weighted by Crippen LogP contribution is 2.27. The largest absolute Gasteiger partial charge is 0.489 e. The number of carbonyl (C=O) groups is 3. The average Bonchev–Trinajstić information content (AvgIpc) is 3.13. The molecule has 48 heavy (non-hydrogen) atoms. The van der Waals surface area contributed by atoms with Crippen LogP contribution in [0.4, 0.5) is 16.2 Å². The van der Waals surface area contributed by atoms with E-state index >= 15 is 0 Å². The molecule has 5 rings (SSSR count). The fraction of sp³-hybridized carbons (Fsp3) is 0.263. The molecule has 0 saturated carbocycles. The maximum Gasteiger partial charge on any atom is 0.408 e. The molecule has 10 heteroatoms. The molecule has 0 aliphatic carbocycles. The zero-order chi connectivity index (χ0) is 33.7. The van der Waals surface area contributed by atoms with Crippen molar-refractivity contribution >= 4 is 35.2 Å². The number of carbonyl (C=O) groups excluding carboxylic acids is 3. The lowest BCUT2D eigenvalue weighted by molar-refractivity contribution is 0.0601. The summed E-state index contributed by atoms with van der Waals surface area (Å²) in [6, 6.07) is 30.4. The highest BCUT2D eigenvalue weighted by molar-refractivity contribution is 6.11. The van der Waals surface area contributed by atoms with Gasteiger partial charge in [0.25, 0.3) is 5.91 Å². The number of alkyl carbamates (subject to hydrolysis) is 1. The van der Waals surface area contributed by atoms with Gasteiger partial charge in [-0.2, -0.15) is 0 Å². The summed E-state index contributed by atoms with van der Waals surface area (Å²) in [4.78, 5) is 46.4. The number of esters is 1. The molecule has 10 nitrogen and oxygen atoms in total. The Morgan fingerprint density at radius 2 is 1.44 bits per heavy atom. The monoisotopic (exact) mass is 648 g/mol. The zero-order valence-corrected chi connectivity index (χ0v) is 27.2. The number of ether oxygens (including phenoxy) is 3. The Bertz CT molecular complexity index is 1720. The molecule has 2 N–H and O–H groups in total. The maximum absolute atomic E-state index is 13.8. The van der Waals surface area contributed by atoms with Crippen molar-refractivity contribution in [3.63, 3.8) is 0 Å². The molecular weight excluding hydrogens is 608 g/mol. The van der Waals surface area contributed by atoms with E-state index in [4.69, 9.17) is 19.2 Å². The number of anilines is 1. The van der Waals surface area contributed by atoms with Crippen LogP contribution in [0.5, 0.6) is 5.75 Å². The van der Waals surface area contributed by atoms with E-state index in [0.29, 0.717) is 29.4 Å². The lowest BCUT2D eigenvalue weighted by atomic mass is 10.1. The fourth-order valence-electron chi connectivity index (χ4n) is 5.39. The molecule has 248 valence electrons. The number of hydrogen-bond acceptors (Lipinski definition) is 7. The molecule has 2 amide bonds. The molecule has 1 unspecified atom stereocenters. The van der Waals surface area contributed by atoms with Gasteiger partial charge in [-0.15, -0.1) is 0 Å². The third-order valence-electron chi connectivity index (χ3n) is 7.89. The molecule has 1 aliphatic rings. The lowest BCUT2D eigenvalue weighted by Crippen LogP contribution is -2.48. The van der Waals surface area contributed by atoms with Crippen LogP contribution in [-0.2, 0) is 22.7 Å². The second kappa shape index (κ2) is 16.8. The number of piperidine rings is 1. The molecule has 1 atom stereocenters. The first-order valence-corrected chi connectivity index (χ1v) is 16.0. The van der Waals surface area contributed by atoms with Gasteiger partial charge in [-0.1, -0.05) is 72.8 Å². The maximum atomic E-state index is 13.8. The number of likely N-dealkylation sites (tertiary alicyclic amines) is 1. The molecule has 4 aromatic carbocycles. The van der Waals surface area contributed by atoms with Crippen LogP contribution in [0, 0.1) is 0 Å². The van der Waals surface area contributed by atoms with Crippen molar-refractivity contribution in [3.8, 4) is 5.75 Å². The van der Waals surface area contributed by atoms with Crippen LogP contribution in [0.3, 0.4) is 0 Å². The fourth-order valence-corrected chi connectivity index (χ4v) is 5.39. The van der Waals surface area contributed by atoms with Crippen LogP contribution in [0.25, 0.3) is 0 Å². The van der Waals surface area contributed by atoms with E-state index in [1.54, 1.807) is 42.5 Å². The van der Waals surface area contributed by atoms with Crippen LogP contribution in [-0.4, -0.2) is 54.9 Å². The number of amidine groups is 1. The van der Waals surface area contributed by atoms with Gasteiger partial charge in [-0.05, 0) is 67.6 Å². The van der Waals surface area contributed by atoms with Crippen molar-refractivity contribution in [2.45, 2.75) is 45.4 Å². The van der Waals surface area contributed by atoms with Crippen LogP contribution in [0.15, 0.2) is 108 Å². The molecule has 1 heterocycles. The quantitative estimate of drug-likeness (QED) is 0.101. The third kappa shape index (κ3) is 9.22. The minimum absolute atomic E-state index is 0.145. The first kappa shape index (κ1) is 33.7. The Kier molecular flexibility index (Phi) is 11.8. The van der Waals surface area contributed by atoms with Crippen molar-refractivity contribution in [1.82, 2.24) is 10.2 Å². The zero-order valence-electron chi connectivity index (χ0n) is 27.2. The predicted molar refractivity (Wildman–Crippen MR) is 185 cm³/mol. The molecule has 1 aliphatic heterocycles.